The molecule has 240 valence electrons. The van der Waals surface area contributed by atoms with E-state index in [2.05, 4.69) is 10.6 Å². The van der Waals surface area contributed by atoms with E-state index >= 15 is 0 Å². The number of halogens is 6. The number of hydrogen-bond acceptors (Lipinski definition) is 6. The molecule has 2 aromatic rings. The quantitative estimate of drug-likeness (QED) is 0.169. The number of phenolic OH excluding ortho intramolecular Hbond substituents is 2. The molecule has 8 N–H and O–H groups in total. The number of phenols is 2. The molecule has 0 bridgehead atoms. The summed E-state index contributed by atoms with van der Waals surface area (Å²) < 4.78 is 89.4. The number of hydrogen-bond donors (Lipinski definition) is 6. The highest BCUT2D eigenvalue weighted by Gasteiger charge is 2.72. The summed E-state index contributed by atoms with van der Waals surface area (Å²) in [6, 6.07) is 2.86. The Kier molecular flexibility index (Phi) is 8.73. The SMILES string of the molecule is CC1CC(C(=O)Nc2cc(C(c3ccc(O)c(NC(=O)C4=CC=C(N)C(C)C4)c3)(C(F)(F)F)C(F)(F)F)ccc2O)=CC=C1N. The van der Waals surface area contributed by atoms with Crippen LogP contribution in [0.3, 0.4) is 0 Å². The van der Waals surface area contributed by atoms with Crippen LogP contribution in [0.15, 0.2) is 83.2 Å². The summed E-state index contributed by atoms with van der Waals surface area (Å²) in [6.45, 7) is 3.44. The molecule has 2 atom stereocenters. The number of nitrogens with two attached hydrogens (primary N) is 2. The highest BCUT2D eigenvalue weighted by atomic mass is 19.4. The molecule has 0 heterocycles. The van der Waals surface area contributed by atoms with Gasteiger partial charge >= 0.3 is 12.4 Å². The van der Waals surface area contributed by atoms with Gasteiger partial charge in [-0.15, -0.1) is 0 Å². The van der Waals surface area contributed by atoms with E-state index in [1.165, 1.54) is 24.3 Å². The van der Waals surface area contributed by atoms with Gasteiger partial charge < -0.3 is 32.3 Å². The average Bonchev–Trinajstić information content (AvgIpc) is 2.93. The summed E-state index contributed by atoms with van der Waals surface area (Å²) in [7, 11) is 0. The molecule has 8 nitrogen and oxygen atoms in total. The van der Waals surface area contributed by atoms with Crippen molar-refractivity contribution in [3.05, 3.63) is 94.4 Å². The van der Waals surface area contributed by atoms with Gasteiger partial charge in [0.25, 0.3) is 11.8 Å². The van der Waals surface area contributed by atoms with Crippen LogP contribution in [0.2, 0.25) is 0 Å². The standard InChI is InChI=1S/C31H30F6N4O4/c1-15-11-17(3-7-21(15)38)27(44)40-23-13-19(5-9-25(23)42)29(30(32,33)34,31(35,36)37)20-6-10-26(43)24(14-20)41-28(45)18-4-8-22(39)16(2)12-18/h3-10,13-16,42-43H,11-12,38-39H2,1-2H3,(H,40,44)(H,41,45). The molecule has 2 aromatic carbocycles. The van der Waals surface area contributed by atoms with Crippen molar-refractivity contribution in [3.63, 3.8) is 0 Å². The second-order valence-electron chi connectivity index (χ2n) is 11.0. The summed E-state index contributed by atoms with van der Waals surface area (Å²) in [4.78, 5) is 25.7. The minimum Gasteiger partial charge on any atom is -0.506 e. The van der Waals surface area contributed by atoms with Crippen LogP contribution in [0.5, 0.6) is 11.5 Å². The lowest BCUT2D eigenvalue weighted by Crippen LogP contribution is -2.54. The number of benzene rings is 2. The largest absolute Gasteiger partial charge is 0.506 e. The molecule has 2 aliphatic carbocycles. The van der Waals surface area contributed by atoms with Gasteiger partial charge in [-0.25, -0.2) is 0 Å². The summed E-state index contributed by atoms with van der Waals surface area (Å²) in [5.74, 6) is -3.80. The smallest absolute Gasteiger partial charge is 0.411 e. The Morgan fingerprint density at radius 2 is 1.04 bits per heavy atom. The Bertz CT molecular complexity index is 1530. The highest BCUT2D eigenvalue weighted by molar-refractivity contribution is 6.05. The van der Waals surface area contributed by atoms with Crippen molar-refractivity contribution in [3.8, 4) is 11.5 Å². The zero-order valence-electron chi connectivity index (χ0n) is 24.0. The lowest BCUT2D eigenvalue weighted by Gasteiger charge is -2.38. The van der Waals surface area contributed by atoms with Crippen molar-refractivity contribution >= 4 is 23.2 Å². The van der Waals surface area contributed by atoms with Gasteiger partial charge in [-0.3, -0.25) is 9.59 Å². The van der Waals surface area contributed by atoms with E-state index in [0.717, 1.165) is 0 Å². The number of aromatic hydroxyl groups is 2. The van der Waals surface area contributed by atoms with Gasteiger partial charge in [-0.2, -0.15) is 26.3 Å². The molecular formula is C31H30F6N4O4. The molecule has 45 heavy (non-hydrogen) atoms. The first-order valence-corrected chi connectivity index (χ1v) is 13.6. The van der Waals surface area contributed by atoms with E-state index in [0.29, 0.717) is 47.8 Å². The predicted octanol–water partition coefficient (Wildman–Crippen LogP) is 6.00. The van der Waals surface area contributed by atoms with Crippen LogP contribution in [0, 0.1) is 11.8 Å². The maximum atomic E-state index is 14.9. The zero-order valence-corrected chi connectivity index (χ0v) is 24.0. The molecule has 2 unspecified atom stereocenters. The third-order valence-corrected chi connectivity index (χ3v) is 7.93. The fourth-order valence-corrected chi connectivity index (χ4v) is 5.22. The number of amides is 2. The molecule has 0 spiro atoms. The molecule has 0 radical (unpaired) electrons. The number of rotatable bonds is 6. The maximum Gasteiger partial charge on any atom is 0.411 e. The minimum atomic E-state index is -6.05. The number of alkyl halides is 6. The van der Waals surface area contributed by atoms with Crippen LogP contribution in [0.25, 0.3) is 0 Å². The van der Waals surface area contributed by atoms with E-state index < -0.39 is 63.6 Å². The Morgan fingerprint density at radius 1 is 0.689 bits per heavy atom. The second-order valence-corrected chi connectivity index (χ2v) is 11.0. The molecule has 14 heteroatoms. The van der Waals surface area contributed by atoms with E-state index in [1.807, 2.05) is 0 Å². The minimum absolute atomic E-state index is 0.138. The molecule has 2 aliphatic rings. The third-order valence-electron chi connectivity index (χ3n) is 7.93. The van der Waals surface area contributed by atoms with Gasteiger partial charge in [-0.05, 0) is 72.2 Å². The van der Waals surface area contributed by atoms with Crippen molar-refractivity contribution in [2.45, 2.75) is 44.5 Å². The lowest BCUT2D eigenvalue weighted by molar-refractivity contribution is -0.288. The van der Waals surface area contributed by atoms with Crippen LogP contribution in [-0.2, 0) is 15.0 Å². The Labute approximate surface area is 253 Å². The summed E-state index contributed by atoms with van der Waals surface area (Å²) in [5, 5.41) is 25.0. The summed E-state index contributed by atoms with van der Waals surface area (Å²) in [6.07, 6.45) is -6.17. The van der Waals surface area contributed by atoms with E-state index in [-0.39, 0.29) is 35.8 Å². The van der Waals surface area contributed by atoms with E-state index in [4.69, 9.17) is 11.5 Å². The molecule has 4 rings (SSSR count). The van der Waals surface area contributed by atoms with Crippen molar-refractivity contribution in [2.24, 2.45) is 23.3 Å². The van der Waals surface area contributed by atoms with E-state index in [9.17, 15) is 46.1 Å². The zero-order chi connectivity index (χ0) is 33.5. The Hall–Kier alpha value is -4.88. The summed E-state index contributed by atoms with van der Waals surface area (Å²) in [5.41, 5.74) is 3.91. The molecule has 0 aliphatic heterocycles. The van der Waals surface area contributed by atoms with Crippen LogP contribution in [-0.4, -0.2) is 34.4 Å². The molecule has 0 fully saturated rings. The second kappa shape index (κ2) is 11.9. The lowest BCUT2D eigenvalue weighted by atomic mass is 9.72. The molecule has 0 saturated heterocycles. The fourth-order valence-electron chi connectivity index (χ4n) is 5.22. The third kappa shape index (κ3) is 6.22. The maximum absolute atomic E-state index is 14.9. The number of allylic oxidation sites excluding steroid dienone is 6. The normalized spacial score (nSPS) is 19.1. The van der Waals surface area contributed by atoms with Crippen molar-refractivity contribution < 1.29 is 46.1 Å². The van der Waals surface area contributed by atoms with Gasteiger partial charge in [0.1, 0.15) is 11.5 Å². The van der Waals surface area contributed by atoms with Crippen LogP contribution >= 0.6 is 0 Å². The Morgan fingerprint density at radius 3 is 1.36 bits per heavy atom. The van der Waals surface area contributed by atoms with Crippen molar-refractivity contribution in [1.29, 1.82) is 0 Å². The Balaban J connectivity index is 1.81. The van der Waals surface area contributed by atoms with Gasteiger partial charge in [0.2, 0.25) is 5.41 Å². The first-order chi connectivity index (χ1) is 20.9. The van der Waals surface area contributed by atoms with Crippen molar-refractivity contribution in [2.75, 3.05) is 10.6 Å². The van der Waals surface area contributed by atoms with Gasteiger partial charge in [0.15, 0.2) is 0 Å². The van der Waals surface area contributed by atoms with Crippen LogP contribution in [0.1, 0.15) is 37.8 Å². The summed E-state index contributed by atoms with van der Waals surface area (Å²) >= 11 is 0. The molecule has 2 amide bonds. The molecule has 0 aromatic heterocycles. The van der Waals surface area contributed by atoms with Gasteiger partial charge in [0.05, 0.1) is 11.4 Å². The van der Waals surface area contributed by atoms with Gasteiger partial charge in [-0.1, -0.05) is 38.1 Å². The number of carbonyl (C=O) groups excluding carboxylic acids is 2. The topological polar surface area (TPSA) is 151 Å². The molecular weight excluding hydrogens is 606 g/mol. The first kappa shape index (κ1) is 33.0. The number of nitrogens with one attached hydrogen (secondary N) is 2. The number of anilines is 2. The van der Waals surface area contributed by atoms with Crippen LogP contribution < -0.4 is 22.1 Å². The highest BCUT2D eigenvalue weighted by Crippen LogP contribution is 2.57. The van der Waals surface area contributed by atoms with Crippen molar-refractivity contribution in [1.82, 2.24) is 0 Å². The average molecular weight is 637 g/mol. The fraction of sp³-hybridized carbons (Fsp3) is 0.290. The van der Waals surface area contributed by atoms with Crippen LogP contribution in [0.4, 0.5) is 37.7 Å². The monoisotopic (exact) mass is 636 g/mol. The first-order valence-electron chi connectivity index (χ1n) is 13.6. The number of carbonyl (C=O) groups is 2. The van der Waals surface area contributed by atoms with E-state index in [1.54, 1.807) is 13.8 Å². The molecule has 0 saturated carbocycles. The predicted molar refractivity (Wildman–Crippen MR) is 155 cm³/mol. The van der Waals surface area contributed by atoms with Gasteiger partial charge in [0, 0.05) is 22.5 Å².